The SMILES string of the molecule is COc1cc(OC)cc(-c2nn(-c3ccccc3C(F)(F)F)c3c2CCCCN3)c1. The number of fused-ring (bicyclic) bond motifs is 1. The molecule has 4 rings (SSSR count). The molecule has 0 aliphatic carbocycles. The number of para-hydroxylation sites is 1. The van der Waals surface area contributed by atoms with E-state index in [1.807, 2.05) is 12.1 Å². The zero-order valence-electron chi connectivity index (χ0n) is 16.7. The molecule has 1 aliphatic heterocycles. The molecule has 0 spiro atoms. The molecular weight excluding hydrogens is 395 g/mol. The van der Waals surface area contributed by atoms with E-state index in [2.05, 4.69) is 10.4 Å². The standard InChI is InChI=1S/C22H22F3N3O2/c1-29-15-11-14(12-16(13-15)30-2)20-17-7-5-6-10-26-21(17)28(27-20)19-9-4-3-8-18(19)22(23,24)25/h3-4,8-9,11-13,26H,5-7,10H2,1-2H3. The minimum atomic E-state index is -4.49. The summed E-state index contributed by atoms with van der Waals surface area (Å²) in [5.74, 6) is 1.77. The zero-order chi connectivity index (χ0) is 21.3. The Kier molecular flexibility index (Phi) is 5.32. The molecule has 0 amide bonds. The predicted molar refractivity (Wildman–Crippen MR) is 109 cm³/mol. The molecule has 1 aromatic heterocycles. The first-order chi connectivity index (χ1) is 14.4. The first-order valence-corrected chi connectivity index (χ1v) is 9.68. The van der Waals surface area contributed by atoms with Gasteiger partial charge in [0.1, 0.15) is 17.3 Å². The third kappa shape index (κ3) is 3.69. The number of methoxy groups -OCH3 is 2. The molecule has 5 nitrogen and oxygen atoms in total. The first-order valence-electron chi connectivity index (χ1n) is 9.68. The van der Waals surface area contributed by atoms with E-state index < -0.39 is 11.7 Å². The van der Waals surface area contributed by atoms with Gasteiger partial charge in [-0.3, -0.25) is 0 Å². The Morgan fingerprint density at radius 1 is 1.00 bits per heavy atom. The van der Waals surface area contributed by atoms with Crippen LogP contribution >= 0.6 is 0 Å². The Balaban J connectivity index is 1.96. The molecule has 0 radical (unpaired) electrons. The molecular formula is C22H22F3N3O2. The average Bonchev–Trinajstić information content (AvgIpc) is 2.93. The number of anilines is 1. The fraction of sp³-hybridized carbons (Fsp3) is 0.318. The minimum absolute atomic E-state index is 0.00300. The van der Waals surface area contributed by atoms with Crippen molar-refractivity contribution in [1.29, 1.82) is 0 Å². The Labute approximate surface area is 172 Å². The number of alkyl halides is 3. The number of nitrogens with zero attached hydrogens (tertiary/aromatic N) is 2. The van der Waals surface area contributed by atoms with Crippen molar-refractivity contribution in [1.82, 2.24) is 9.78 Å². The highest BCUT2D eigenvalue weighted by atomic mass is 19.4. The lowest BCUT2D eigenvalue weighted by molar-refractivity contribution is -0.137. The summed E-state index contributed by atoms with van der Waals surface area (Å²) in [5.41, 5.74) is 1.51. The third-order valence-electron chi connectivity index (χ3n) is 5.19. The van der Waals surface area contributed by atoms with E-state index in [-0.39, 0.29) is 5.69 Å². The van der Waals surface area contributed by atoms with Crippen LogP contribution in [-0.4, -0.2) is 30.5 Å². The molecule has 0 fully saturated rings. The third-order valence-corrected chi connectivity index (χ3v) is 5.19. The second-order valence-electron chi connectivity index (χ2n) is 7.09. The molecule has 0 unspecified atom stereocenters. The average molecular weight is 417 g/mol. The molecule has 158 valence electrons. The highest BCUT2D eigenvalue weighted by molar-refractivity contribution is 5.73. The Bertz CT molecular complexity index is 1040. The predicted octanol–water partition coefficient (Wildman–Crippen LogP) is 5.32. The van der Waals surface area contributed by atoms with Crippen molar-refractivity contribution in [2.75, 3.05) is 26.1 Å². The number of benzene rings is 2. The molecule has 30 heavy (non-hydrogen) atoms. The maximum atomic E-state index is 13.7. The van der Waals surface area contributed by atoms with Gasteiger partial charge in [0.2, 0.25) is 0 Å². The van der Waals surface area contributed by atoms with Gasteiger partial charge in [-0.25, -0.2) is 4.68 Å². The van der Waals surface area contributed by atoms with Crippen LogP contribution < -0.4 is 14.8 Å². The van der Waals surface area contributed by atoms with E-state index in [0.29, 0.717) is 36.0 Å². The fourth-order valence-corrected chi connectivity index (χ4v) is 3.75. The zero-order valence-corrected chi connectivity index (χ0v) is 16.7. The van der Waals surface area contributed by atoms with Gasteiger partial charge in [0.25, 0.3) is 0 Å². The lowest BCUT2D eigenvalue weighted by Gasteiger charge is -2.15. The highest BCUT2D eigenvalue weighted by Crippen LogP contribution is 2.40. The van der Waals surface area contributed by atoms with Crippen molar-refractivity contribution in [2.24, 2.45) is 0 Å². The largest absolute Gasteiger partial charge is 0.497 e. The van der Waals surface area contributed by atoms with Gasteiger partial charge < -0.3 is 14.8 Å². The number of hydrogen-bond acceptors (Lipinski definition) is 4. The van der Waals surface area contributed by atoms with E-state index in [1.165, 1.54) is 16.8 Å². The summed E-state index contributed by atoms with van der Waals surface area (Å²) in [4.78, 5) is 0. The molecule has 2 heterocycles. The minimum Gasteiger partial charge on any atom is -0.497 e. The summed E-state index contributed by atoms with van der Waals surface area (Å²) in [6.07, 6.45) is -1.93. The second-order valence-corrected chi connectivity index (χ2v) is 7.09. The summed E-state index contributed by atoms with van der Waals surface area (Å²) in [6, 6.07) is 10.9. The van der Waals surface area contributed by atoms with Crippen LogP contribution in [0.3, 0.4) is 0 Å². The summed E-state index contributed by atoms with van der Waals surface area (Å²) in [6.45, 7) is 0.674. The molecule has 0 saturated heterocycles. The van der Waals surface area contributed by atoms with E-state index in [0.717, 1.165) is 30.0 Å². The van der Waals surface area contributed by atoms with Gasteiger partial charge in [0.05, 0.1) is 31.2 Å². The lowest BCUT2D eigenvalue weighted by atomic mass is 10.0. The molecule has 0 saturated carbocycles. The maximum Gasteiger partial charge on any atom is 0.418 e. The topological polar surface area (TPSA) is 48.3 Å². The van der Waals surface area contributed by atoms with Gasteiger partial charge in [-0.15, -0.1) is 0 Å². The Morgan fingerprint density at radius 2 is 1.70 bits per heavy atom. The van der Waals surface area contributed by atoms with Crippen molar-refractivity contribution < 1.29 is 22.6 Å². The van der Waals surface area contributed by atoms with E-state index >= 15 is 0 Å². The van der Waals surface area contributed by atoms with Crippen molar-refractivity contribution in [3.05, 3.63) is 53.6 Å². The molecule has 1 N–H and O–H groups in total. The van der Waals surface area contributed by atoms with E-state index in [1.54, 1.807) is 26.4 Å². The second kappa shape index (κ2) is 7.93. The van der Waals surface area contributed by atoms with E-state index in [9.17, 15) is 13.2 Å². The molecule has 0 atom stereocenters. The normalized spacial score (nSPS) is 13.9. The number of rotatable bonds is 4. The summed E-state index contributed by atoms with van der Waals surface area (Å²) < 4.78 is 53.1. The molecule has 1 aliphatic rings. The maximum absolute atomic E-state index is 13.7. The van der Waals surface area contributed by atoms with E-state index in [4.69, 9.17) is 9.47 Å². The summed E-state index contributed by atoms with van der Waals surface area (Å²) in [5, 5.41) is 7.93. The van der Waals surface area contributed by atoms with Crippen LogP contribution in [0.5, 0.6) is 11.5 Å². The van der Waals surface area contributed by atoms with Crippen LogP contribution in [-0.2, 0) is 12.6 Å². The van der Waals surface area contributed by atoms with Gasteiger partial charge in [-0.1, -0.05) is 12.1 Å². The van der Waals surface area contributed by atoms with Crippen LogP contribution in [0, 0.1) is 0 Å². The summed E-state index contributed by atoms with van der Waals surface area (Å²) in [7, 11) is 3.11. The van der Waals surface area contributed by atoms with Gasteiger partial charge in [-0.05, 0) is 43.5 Å². The van der Waals surface area contributed by atoms with Crippen molar-refractivity contribution >= 4 is 5.82 Å². The van der Waals surface area contributed by atoms with Crippen LogP contribution in [0.15, 0.2) is 42.5 Å². The molecule has 8 heteroatoms. The number of hydrogen-bond donors (Lipinski definition) is 1. The summed E-state index contributed by atoms with van der Waals surface area (Å²) >= 11 is 0. The van der Waals surface area contributed by atoms with Crippen molar-refractivity contribution in [2.45, 2.75) is 25.4 Å². The highest BCUT2D eigenvalue weighted by Gasteiger charge is 2.35. The Morgan fingerprint density at radius 3 is 2.37 bits per heavy atom. The van der Waals surface area contributed by atoms with Gasteiger partial charge in [0.15, 0.2) is 0 Å². The Hall–Kier alpha value is -3.16. The van der Waals surface area contributed by atoms with Gasteiger partial charge in [-0.2, -0.15) is 18.3 Å². The van der Waals surface area contributed by atoms with Crippen molar-refractivity contribution in [3.63, 3.8) is 0 Å². The van der Waals surface area contributed by atoms with Crippen molar-refractivity contribution in [3.8, 4) is 28.4 Å². The number of ether oxygens (including phenoxy) is 2. The smallest absolute Gasteiger partial charge is 0.418 e. The fourth-order valence-electron chi connectivity index (χ4n) is 3.75. The van der Waals surface area contributed by atoms with Crippen LogP contribution in [0.1, 0.15) is 24.0 Å². The van der Waals surface area contributed by atoms with Crippen LogP contribution in [0.2, 0.25) is 0 Å². The first kappa shape index (κ1) is 20.1. The molecule has 2 aromatic carbocycles. The quantitative estimate of drug-likeness (QED) is 0.624. The van der Waals surface area contributed by atoms with Crippen LogP contribution in [0.25, 0.3) is 16.9 Å². The van der Waals surface area contributed by atoms with Gasteiger partial charge in [0, 0.05) is 23.7 Å². The lowest BCUT2D eigenvalue weighted by Crippen LogP contribution is -2.14. The van der Waals surface area contributed by atoms with Crippen LogP contribution in [0.4, 0.5) is 19.0 Å². The number of aromatic nitrogens is 2. The van der Waals surface area contributed by atoms with Gasteiger partial charge >= 0.3 is 6.18 Å². The number of halogens is 3. The molecule has 3 aromatic rings. The monoisotopic (exact) mass is 417 g/mol. The molecule has 0 bridgehead atoms. The number of nitrogens with one attached hydrogen (secondary N) is 1.